The largest absolute Gasteiger partial charge is 0.448 e. The van der Waals surface area contributed by atoms with E-state index in [1.807, 2.05) is 24.3 Å². The van der Waals surface area contributed by atoms with Gasteiger partial charge in [-0.05, 0) is 30.9 Å². The third kappa shape index (κ3) is 4.10. The SMILES string of the molecule is CCCCSc1nnc2c(n1)OC(c1ccc(SC)cc1)Nc1ccccc1-2. The molecule has 0 bridgehead atoms. The van der Waals surface area contributed by atoms with Crippen molar-refractivity contribution in [3.05, 3.63) is 54.1 Å². The van der Waals surface area contributed by atoms with Crippen LogP contribution in [0.5, 0.6) is 5.88 Å². The lowest BCUT2D eigenvalue weighted by Crippen LogP contribution is -2.17. The summed E-state index contributed by atoms with van der Waals surface area (Å²) in [4.78, 5) is 5.90. The molecular formula is C21H22N4OS2. The number of hydrogen-bond donors (Lipinski definition) is 1. The topological polar surface area (TPSA) is 59.9 Å². The fourth-order valence-electron chi connectivity index (χ4n) is 2.95. The Hall–Kier alpha value is -2.25. The third-order valence-electron chi connectivity index (χ3n) is 4.48. The highest BCUT2D eigenvalue weighted by Crippen LogP contribution is 2.39. The van der Waals surface area contributed by atoms with Crippen LogP contribution < -0.4 is 10.1 Å². The first-order valence-corrected chi connectivity index (χ1v) is 11.5. The second kappa shape index (κ2) is 8.84. The average molecular weight is 411 g/mol. The molecule has 4 rings (SSSR count). The van der Waals surface area contributed by atoms with Gasteiger partial charge in [0.25, 0.3) is 0 Å². The third-order valence-corrected chi connectivity index (χ3v) is 6.15. The van der Waals surface area contributed by atoms with Crippen molar-refractivity contribution in [1.29, 1.82) is 0 Å². The molecule has 144 valence electrons. The molecule has 3 aromatic rings. The monoisotopic (exact) mass is 410 g/mol. The van der Waals surface area contributed by atoms with Gasteiger partial charge in [0.15, 0.2) is 11.9 Å². The van der Waals surface area contributed by atoms with Crippen LogP contribution in [0.4, 0.5) is 5.69 Å². The van der Waals surface area contributed by atoms with Gasteiger partial charge in [0.1, 0.15) is 0 Å². The van der Waals surface area contributed by atoms with E-state index in [1.54, 1.807) is 23.5 Å². The number of hydrogen-bond acceptors (Lipinski definition) is 7. The summed E-state index contributed by atoms with van der Waals surface area (Å²) < 4.78 is 6.30. The van der Waals surface area contributed by atoms with Gasteiger partial charge in [-0.3, -0.25) is 0 Å². The van der Waals surface area contributed by atoms with E-state index < -0.39 is 0 Å². The smallest absolute Gasteiger partial charge is 0.247 e. The summed E-state index contributed by atoms with van der Waals surface area (Å²) >= 11 is 3.34. The Morgan fingerprint density at radius 2 is 1.89 bits per heavy atom. The molecule has 1 atom stereocenters. The Labute approximate surface area is 173 Å². The van der Waals surface area contributed by atoms with Crippen LogP contribution >= 0.6 is 23.5 Å². The number of nitrogens with zero attached hydrogens (tertiary/aromatic N) is 3. The fraction of sp³-hybridized carbons (Fsp3) is 0.286. The summed E-state index contributed by atoms with van der Waals surface area (Å²) in [7, 11) is 0. The molecule has 0 aliphatic carbocycles. The van der Waals surface area contributed by atoms with Gasteiger partial charge in [0.05, 0.1) is 0 Å². The van der Waals surface area contributed by atoms with Crippen molar-refractivity contribution in [2.45, 2.75) is 36.0 Å². The summed E-state index contributed by atoms with van der Waals surface area (Å²) in [5.41, 5.74) is 3.62. The highest BCUT2D eigenvalue weighted by molar-refractivity contribution is 7.99. The zero-order valence-electron chi connectivity index (χ0n) is 15.9. The quantitative estimate of drug-likeness (QED) is 0.416. The summed E-state index contributed by atoms with van der Waals surface area (Å²) in [5.74, 6) is 1.50. The number of unbranched alkanes of at least 4 members (excludes halogenated alkanes) is 1. The van der Waals surface area contributed by atoms with E-state index >= 15 is 0 Å². The number of thioether (sulfide) groups is 2. The number of benzene rings is 2. The summed E-state index contributed by atoms with van der Waals surface area (Å²) in [6.07, 6.45) is 4.00. The van der Waals surface area contributed by atoms with Crippen molar-refractivity contribution in [3.63, 3.8) is 0 Å². The maximum atomic E-state index is 6.30. The number of rotatable bonds is 6. The van der Waals surface area contributed by atoms with Crippen molar-refractivity contribution in [3.8, 4) is 17.1 Å². The molecule has 2 aromatic carbocycles. The lowest BCUT2D eigenvalue weighted by molar-refractivity contribution is 0.225. The van der Waals surface area contributed by atoms with E-state index in [2.05, 4.69) is 57.9 Å². The van der Waals surface area contributed by atoms with Crippen LogP contribution in [-0.4, -0.2) is 27.2 Å². The van der Waals surface area contributed by atoms with E-state index in [0.717, 1.165) is 35.4 Å². The number of fused-ring (bicyclic) bond motifs is 3. The molecule has 0 radical (unpaired) electrons. The zero-order valence-corrected chi connectivity index (χ0v) is 17.5. The number of nitrogens with one attached hydrogen (secondary N) is 1. The van der Waals surface area contributed by atoms with Gasteiger partial charge in [-0.15, -0.1) is 22.0 Å². The minimum absolute atomic E-state index is 0.344. The van der Waals surface area contributed by atoms with Crippen molar-refractivity contribution in [2.75, 3.05) is 17.3 Å². The van der Waals surface area contributed by atoms with Crippen molar-refractivity contribution in [2.24, 2.45) is 0 Å². The van der Waals surface area contributed by atoms with Crippen molar-refractivity contribution >= 4 is 29.2 Å². The van der Waals surface area contributed by atoms with Crippen LogP contribution in [0.1, 0.15) is 31.6 Å². The van der Waals surface area contributed by atoms with E-state index in [9.17, 15) is 0 Å². The molecular weight excluding hydrogens is 388 g/mol. The van der Waals surface area contributed by atoms with Gasteiger partial charge in [0, 0.05) is 27.5 Å². The molecule has 5 nitrogen and oxygen atoms in total. The van der Waals surface area contributed by atoms with Gasteiger partial charge in [0.2, 0.25) is 11.0 Å². The zero-order chi connectivity index (χ0) is 19.3. The summed E-state index contributed by atoms with van der Waals surface area (Å²) in [6, 6.07) is 16.4. The van der Waals surface area contributed by atoms with Crippen molar-refractivity contribution < 1.29 is 4.74 Å². The van der Waals surface area contributed by atoms with Crippen LogP contribution in [-0.2, 0) is 0 Å². The van der Waals surface area contributed by atoms with E-state index in [1.165, 1.54) is 4.90 Å². The second-order valence-electron chi connectivity index (χ2n) is 6.41. The molecule has 0 amide bonds. The normalized spacial score (nSPS) is 15.0. The molecule has 1 aliphatic rings. The molecule has 7 heteroatoms. The van der Waals surface area contributed by atoms with Crippen LogP contribution in [0.15, 0.2) is 58.6 Å². The van der Waals surface area contributed by atoms with Crippen LogP contribution in [0.3, 0.4) is 0 Å². The minimum atomic E-state index is -0.344. The Balaban J connectivity index is 1.71. The first-order valence-electron chi connectivity index (χ1n) is 9.32. The Morgan fingerprint density at radius 1 is 1.07 bits per heavy atom. The summed E-state index contributed by atoms with van der Waals surface area (Å²) in [6.45, 7) is 2.18. The van der Waals surface area contributed by atoms with Crippen LogP contribution in [0.25, 0.3) is 11.3 Å². The maximum Gasteiger partial charge on any atom is 0.247 e. The Morgan fingerprint density at radius 3 is 2.68 bits per heavy atom. The first kappa shape index (κ1) is 19.1. The second-order valence-corrected chi connectivity index (χ2v) is 8.35. The molecule has 1 N–H and O–H groups in total. The molecule has 1 unspecified atom stereocenters. The molecule has 0 saturated heterocycles. The first-order chi connectivity index (χ1) is 13.8. The van der Waals surface area contributed by atoms with Gasteiger partial charge in [-0.1, -0.05) is 55.4 Å². The molecule has 1 aromatic heterocycles. The van der Waals surface area contributed by atoms with Crippen LogP contribution in [0.2, 0.25) is 0 Å². The predicted octanol–water partition coefficient (Wildman–Crippen LogP) is 5.66. The van der Waals surface area contributed by atoms with Crippen molar-refractivity contribution in [1.82, 2.24) is 15.2 Å². The molecule has 28 heavy (non-hydrogen) atoms. The van der Waals surface area contributed by atoms with Crippen LogP contribution in [0, 0.1) is 0 Å². The predicted molar refractivity (Wildman–Crippen MR) is 116 cm³/mol. The van der Waals surface area contributed by atoms with E-state index in [-0.39, 0.29) is 6.23 Å². The Bertz CT molecular complexity index is 949. The highest BCUT2D eigenvalue weighted by Gasteiger charge is 2.25. The summed E-state index contributed by atoms with van der Waals surface area (Å²) in [5, 5.41) is 12.9. The van der Waals surface area contributed by atoms with Gasteiger partial charge >= 0.3 is 0 Å². The van der Waals surface area contributed by atoms with Gasteiger partial charge in [-0.25, -0.2) is 0 Å². The number of aromatic nitrogens is 3. The lowest BCUT2D eigenvalue weighted by Gasteiger charge is -2.19. The number of para-hydroxylation sites is 1. The Kier molecular flexibility index (Phi) is 6.02. The maximum absolute atomic E-state index is 6.30. The highest BCUT2D eigenvalue weighted by atomic mass is 32.2. The number of ether oxygens (including phenoxy) is 1. The minimum Gasteiger partial charge on any atom is -0.448 e. The fourth-order valence-corrected chi connectivity index (χ4v) is 4.22. The molecule has 1 aliphatic heterocycles. The van der Waals surface area contributed by atoms with Gasteiger partial charge < -0.3 is 10.1 Å². The molecule has 2 heterocycles. The molecule has 0 saturated carbocycles. The average Bonchev–Trinajstić information content (AvgIpc) is 2.90. The lowest BCUT2D eigenvalue weighted by atomic mass is 10.1. The number of anilines is 1. The van der Waals surface area contributed by atoms with Gasteiger partial charge in [-0.2, -0.15) is 4.98 Å². The standard InChI is InChI=1S/C21H22N4OS2/c1-3-4-13-28-21-23-20-18(24-25-21)16-7-5-6-8-17(16)22-19(26-20)14-9-11-15(27-2)12-10-14/h5-12,19,22H,3-4,13H2,1-2H3. The van der Waals surface area contributed by atoms with E-state index in [4.69, 9.17) is 4.74 Å². The molecule has 0 fully saturated rings. The van der Waals surface area contributed by atoms with E-state index in [0.29, 0.717) is 16.7 Å². The molecule has 0 spiro atoms.